The Morgan fingerprint density at radius 1 is 0.952 bits per heavy atom. The van der Waals surface area contributed by atoms with Crippen LogP contribution in [-0.4, -0.2) is 17.6 Å². The second-order valence-electron chi connectivity index (χ2n) is 5.51. The highest BCUT2D eigenvalue weighted by Gasteiger charge is 2.34. The number of hydrogen-bond acceptors (Lipinski definition) is 3. The fraction of sp³-hybridized carbons (Fsp3) is 0.176. The number of rotatable bonds is 2. The number of nitrogens with one attached hydrogen (secondary N) is 1. The first-order valence-corrected chi connectivity index (χ1v) is 7.73. The molecule has 0 saturated heterocycles. The van der Waals surface area contributed by atoms with Crippen LogP contribution in [0.1, 0.15) is 33.6 Å². The predicted octanol–water partition coefficient (Wildman–Crippen LogP) is 3.58. The molecule has 1 fully saturated rings. The van der Waals surface area contributed by atoms with Crippen molar-refractivity contribution in [3.05, 3.63) is 57.7 Å². The van der Waals surface area contributed by atoms with Gasteiger partial charge in [-0.1, -0.05) is 24.3 Å². The molecule has 4 rings (SSSR count). The lowest BCUT2D eigenvalue weighted by atomic mass is 9.90. The van der Waals surface area contributed by atoms with E-state index in [9.17, 15) is 9.59 Å². The molecule has 4 heteroatoms. The maximum atomic E-state index is 12.7. The van der Waals surface area contributed by atoms with E-state index in [1.807, 2.05) is 30.3 Å². The third-order valence-electron chi connectivity index (χ3n) is 3.95. The summed E-state index contributed by atoms with van der Waals surface area (Å²) in [6.45, 7) is 0. The molecule has 3 nitrogen and oxygen atoms in total. The van der Waals surface area contributed by atoms with Gasteiger partial charge in [-0.3, -0.25) is 9.59 Å². The molecule has 0 spiro atoms. The first-order valence-electron chi connectivity index (χ1n) is 6.93. The lowest BCUT2D eigenvalue weighted by Gasteiger charge is -2.19. The maximum absolute atomic E-state index is 12.7. The van der Waals surface area contributed by atoms with Gasteiger partial charge in [0.2, 0.25) is 11.6 Å². The molecule has 0 bridgehead atoms. The Bertz CT molecular complexity index is 834. The summed E-state index contributed by atoms with van der Waals surface area (Å²) in [4.78, 5) is 25.2. The maximum Gasteiger partial charge on any atom is 0.210 e. The molecule has 2 aliphatic rings. The van der Waals surface area contributed by atoms with Gasteiger partial charge in [-0.25, -0.2) is 0 Å². The number of Topliss-reactive ketones (excluding diaryl/α,β-unsaturated/α-hetero) is 2. The van der Waals surface area contributed by atoms with E-state index in [1.165, 1.54) is 0 Å². The third-order valence-corrected chi connectivity index (χ3v) is 4.70. The van der Waals surface area contributed by atoms with Crippen LogP contribution in [0.25, 0.3) is 10.8 Å². The van der Waals surface area contributed by atoms with Crippen LogP contribution in [0.2, 0.25) is 0 Å². The molecule has 1 N–H and O–H groups in total. The van der Waals surface area contributed by atoms with Crippen molar-refractivity contribution in [1.29, 1.82) is 0 Å². The first-order chi connectivity index (χ1) is 10.1. The molecule has 0 aliphatic heterocycles. The third kappa shape index (κ3) is 2.02. The van der Waals surface area contributed by atoms with Crippen LogP contribution in [0.15, 0.2) is 46.6 Å². The largest absolute Gasteiger partial charge is 0.378 e. The van der Waals surface area contributed by atoms with Crippen molar-refractivity contribution < 1.29 is 9.59 Å². The van der Waals surface area contributed by atoms with E-state index in [4.69, 9.17) is 0 Å². The van der Waals surface area contributed by atoms with Gasteiger partial charge in [0.1, 0.15) is 5.70 Å². The Morgan fingerprint density at radius 2 is 1.52 bits per heavy atom. The molecule has 0 heterocycles. The van der Waals surface area contributed by atoms with Crippen molar-refractivity contribution in [2.24, 2.45) is 0 Å². The van der Waals surface area contributed by atoms with Gasteiger partial charge in [0, 0.05) is 17.2 Å². The van der Waals surface area contributed by atoms with Gasteiger partial charge in [0.15, 0.2) is 0 Å². The number of carbonyl (C=O) groups is 2. The number of carbonyl (C=O) groups excluding carboxylic acids is 2. The zero-order chi connectivity index (χ0) is 14.6. The average molecular weight is 342 g/mol. The number of halogens is 1. The van der Waals surface area contributed by atoms with Crippen LogP contribution < -0.4 is 5.32 Å². The Hall–Kier alpha value is -1.94. The summed E-state index contributed by atoms with van der Waals surface area (Å²) < 4.78 is 0.349. The Labute approximate surface area is 130 Å². The van der Waals surface area contributed by atoms with Gasteiger partial charge in [-0.2, -0.15) is 0 Å². The van der Waals surface area contributed by atoms with Gasteiger partial charge in [0.05, 0.1) is 4.48 Å². The lowest BCUT2D eigenvalue weighted by Crippen LogP contribution is -2.30. The zero-order valence-electron chi connectivity index (χ0n) is 11.2. The SMILES string of the molecule is O=C1C(Br)=C(NC2CC2)C(=O)c2cc3ccccc3cc21. The molecular formula is C17H12BrNO2. The van der Waals surface area contributed by atoms with Crippen molar-refractivity contribution in [2.75, 3.05) is 0 Å². The molecule has 0 atom stereocenters. The summed E-state index contributed by atoms with van der Waals surface area (Å²) in [5.74, 6) is -0.229. The zero-order valence-corrected chi connectivity index (χ0v) is 12.7. The fourth-order valence-electron chi connectivity index (χ4n) is 2.64. The fourth-order valence-corrected chi connectivity index (χ4v) is 3.15. The van der Waals surface area contributed by atoms with Crippen LogP contribution in [0.3, 0.4) is 0 Å². The van der Waals surface area contributed by atoms with Crippen LogP contribution >= 0.6 is 15.9 Å². The van der Waals surface area contributed by atoms with E-state index in [0.717, 1.165) is 23.6 Å². The Balaban J connectivity index is 1.90. The minimum Gasteiger partial charge on any atom is -0.378 e. The second-order valence-corrected chi connectivity index (χ2v) is 6.30. The molecule has 21 heavy (non-hydrogen) atoms. The van der Waals surface area contributed by atoms with Gasteiger partial charge in [-0.15, -0.1) is 0 Å². The molecule has 0 aromatic heterocycles. The van der Waals surface area contributed by atoms with Crippen LogP contribution in [0.5, 0.6) is 0 Å². The molecule has 0 amide bonds. The van der Waals surface area contributed by atoms with E-state index < -0.39 is 0 Å². The quantitative estimate of drug-likeness (QED) is 0.908. The van der Waals surface area contributed by atoms with Crippen LogP contribution in [0.4, 0.5) is 0 Å². The topological polar surface area (TPSA) is 46.2 Å². The summed E-state index contributed by atoms with van der Waals surface area (Å²) in [6.07, 6.45) is 2.10. The van der Waals surface area contributed by atoms with Crippen molar-refractivity contribution >= 4 is 38.3 Å². The van der Waals surface area contributed by atoms with Gasteiger partial charge >= 0.3 is 0 Å². The molecule has 2 aliphatic carbocycles. The highest BCUT2D eigenvalue weighted by molar-refractivity contribution is 9.12. The first kappa shape index (κ1) is 12.8. The number of hydrogen-bond donors (Lipinski definition) is 1. The summed E-state index contributed by atoms with van der Waals surface area (Å²) in [5, 5.41) is 5.12. The molecule has 104 valence electrons. The van der Waals surface area contributed by atoms with Crippen molar-refractivity contribution in [3.8, 4) is 0 Å². The van der Waals surface area contributed by atoms with E-state index in [2.05, 4.69) is 21.2 Å². The number of allylic oxidation sites excluding steroid dienone is 2. The summed E-state index contributed by atoms with van der Waals surface area (Å²) in [7, 11) is 0. The summed E-state index contributed by atoms with van der Waals surface area (Å²) in [5.41, 5.74) is 1.38. The Morgan fingerprint density at radius 3 is 2.10 bits per heavy atom. The standard InChI is InChI=1S/C17H12BrNO2/c18-14-15(19-11-5-6-11)17(21)13-8-10-4-2-1-3-9(10)7-12(13)16(14)20/h1-4,7-8,11,19H,5-6H2. The average Bonchev–Trinajstić information content (AvgIpc) is 3.32. The molecule has 1 saturated carbocycles. The van der Waals surface area contributed by atoms with E-state index in [0.29, 0.717) is 27.3 Å². The van der Waals surface area contributed by atoms with Gasteiger partial charge in [0.25, 0.3) is 0 Å². The highest BCUT2D eigenvalue weighted by atomic mass is 79.9. The second kappa shape index (κ2) is 4.53. The monoisotopic (exact) mass is 341 g/mol. The van der Waals surface area contributed by atoms with Crippen molar-refractivity contribution in [1.82, 2.24) is 5.32 Å². The normalized spacial score (nSPS) is 18.1. The summed E-state index contributed by atoms with van der Waals surface area (Å²) >= 11 is 3.30. The molecule has 2 aromatic rings. The molecule has 2 aromatic carbocycles. The number of fused-ring (bicyclic) bond motifs is 2. The smallest absolute Gasteiger partial charge is 0.210 e. The minimum absolute atomic E-state index is 0.103. The van der Waals surface area contributed by atoms with Gasteiger partial charge < -0.3 is 5.32 Å². The number of benzene rings is 2. The highest BCUT2D eigenvalue weighted by Crippen LogP contribution is 2.33. The Kier molecular flexibility index (Phi) is 2.76. The van der Waals surface area contributed by atoms with Crippen LogP contribution in [0, 0.1) is 0 Å². The van der Waals surface area contributed by atoms with E-state index >= 15 is 0 Å². The van der Waals surface area contributed by atoms with Gasteiger partial charge in [-0.05, 0) is 51.7 Å². The van der Waals surface area contributed by atoms with Crippen LogP contribution in [-0.2, 0) is 0 Å². The lowest BCUT2D eigenvalue weighted by molar-refractivity contribution is 0.0976. The van der Waals surface area contributed by atoms with E-state index in [-0.39, 0.29) is 11.6 Å². The van der Waals surface area contributed by atoms with Crippen molar-refractivity contribution in [2.45, 2.75) is 18.9 Å². The molecule has 0 radical (unpaired) electrons. The van der Waals surface area contributed by atoms with E-state index in [1.54, 1.807) is 6.07 Å². The molecular weight excluding hydrogens is 330 g/mol. The molecule has 0 unspecified atom stereocenters. The number of ketones is 2. The predicted molar refractivity (Wildman–Crippen MR) is 84.7 cm³/mol. The summed E-state index contributed by atoms with van der Waals surface area (Å²) in [6, 6.07) is 11.7. The van der Waals surface area contributed by atoms with Crippen molar-refractivity contribution in [3.63, 3.8) is 0 Å². The minimum atomic E-state index is -0.126.